The van der Waals surface area contributed by atoms with Gasteiger partial charge in [0.05, 0.1) is 28.9 Å². The van der Waals surface area contributed by atoms with Crippen LogP contribution < -0.4 is 4.18 Å². The zero-order valence-electron chi connectivity index (χ0n) is 13.1. The zero-order valence-corrected chi connectivity index (χ0v) is 14.7. The van der Waals surface area contributed by atoms with E-state index in [1.165, 1.54) is 18.2 Å². The topological polar surface area (TPSA) is 55.7 Å². The predicted octanol–water partition coefficient (Wildman–Crippen LogP) is 3.84. The lowest BCUT2D eigenvalue weighted by Crippen LogP contribution is -2.14. The molecule has 0 amide bonds. The van der Waals surface area contributed by atoms with Crippen molar-refractivity contribution in [3.8, 4) is 5.75 Å². The Hall–Kier alpha value is -1.99. The number of rotatable bonds is 4. The van der Waals surface area contributed by atoms with Gasteiger partial charge < -0.3 is 4.18 Å². The molecule has 0 bridgehead atoms. The molecule has 0 aliphatic carbocycles. The average Bonchev–Trinajstić information content (AvgIpc) is 2.88. The molecule has 1 unspecified atom stereocenters. The highest BCUT2D eigenvalue weighted by molar-refractivity contribution is 7.86. The van der Waals surface area contributed by atoms with Gasteiger partial charge in [0.2, 0.25) is 0 Å². The van der Waals surface area contributed by atoms with Gasteiger partial charge in [-0.3, -0.25) is 4.99 Å². The summed E-state index contributed by atoms with van der Waals surface area (Å²) >= 11 is 6.25. The lowest BCUT2D eigenvalue weighted by Gasteiger charge is -2.08. The molecule has 3 rings (SSSR count). The molecule has 0 radical (unpaired) electrons. The summed E-state index contributed by atoms with van der Waals surface area (Å²) in [5, 5.41) is -0.622. The molecule has 2 aromatic rings. The van der Waals surface area contributed by atoms with Crippen LogP contribution >= 0.6 is 11.6 Å². The third-order valence-corrected chi connectivity index (χ3v) is 4.63. The van der Waals surface area contributed by atoms with Crippen molar-refractivity contribution in [2.45, 2.75) is 17.8 Å². The van der Waals surface area contributed by atoms with Crippen molar-refractivity contribution in [1.29, 1.82) is 0 Å². The highest BCUT2D eigenvalue weighted by atomic mass is 35.5. The highest BCUT2D eigenvalue weighted by Crippen LogP contribution is 2.35. The van der Waals surface area contributed by atoms with Crippen molar-refractivity contribution >= 4 is 27.4 Å². The van der Waals surface area contributed by atoms with Crippen LogP contribution in [-0.2, 0) is 10.1 Å². The maximum Gasteiger partial charge on any atom is 0.306 e. The van der Waals surface area contributed by atoms with Crippen LogP contribution in [0.25, 0.3) is 0 Å². The molecule has 1 aliphatic rings. The Balaban J connectivity index is 1.89. The van der Waals surface area contributed by atoms with Crippen molar-refractivity contribution in [1.82, 2.24) is 0 Å². The van der Waals surface area contributed by atoms with E-state index in [1.807, 2.05) is 0 Å². The minimum Gasteiger partial charge on any atom is -0.383 e. The van der Waals surface area contributed by atoms with Crippen molar-refractivity contribution in [2.24, 2.45) is 4.99 Å². The number of hydrogen-bond donors (Lipinski definition) is 0. The second-order valence-electron chi connectivity index (χ2n) is 5.69. The Labute approximate surface area is 149 Å². The van der Waals surface area contributed by atoms with E-state index >= 15 is 0 Å². The average molecular weight is 386 g/mol. The van der Waals surface area contributed by atoms with Gasteiger partial charge in [0, 0.05) is 0 Å². The largest absolute Gasteiger partial charge is 0.383 e. The van der Waals surface area contributed by atoms with Gasteiger partial charge in [0.25, 0.3) is 0 Å². The lowest BCUT2D eigenvalue weighted by atomic mass is 10.0. The molecule has 1 heterocycles. The van der Waals surface area contributed by atoms with E-state index in [-0.39, 0.29) is 23.1 Å². The molecule has 1 aliphatic heterocycles. The van der Waals surface area contributed by atoms with Gasteiger partial charge in [-0.25, -0.2) is 8.78 Å². The second kappa shape index (κ2) is 6.72. The van der Waals surface area contributed by atoms with Crippen molar-refractivity contribution in [3.05, 3.63) is 65.2 Å². The summed E-state index contributed by atoms with van der Waals surface area (Å²) in [6, 6.07) is 9.53. The number of nitrogens with zero attached hydrogens (tertiary/aromatic N) is 1. The number of alkyl halides is 1. The van der Waals surface area contributed by atoms with Crippen LogP contribution in [0, 0.1) is 11.6 Å². The van der Waals surface area contributed by atoms with Gasteiger partial charge in [-0.2, -0.15) is 8.42 Å². The van der Waals surface area contributed by atoms with E-state index < -0.39 is 27.1 Å². The van der Waals surface area contributed by atoms with Gasteiger partial charge >= 0.3 is 10.1 Å². The number of hydrogen-bond acceptors (Lipinski definition) is 4. The van der Waals surface area contributed by atoms with Crippen molar-refractivity contribution in [2.75, 3.05) is 6.26 Å². The monoisotopic (exact) mass is 385 g/mol. The smallest absolute Gasteiger partial charge is 0.306 e. The van der Waals surface area contributed by atoms with Crippen LogP contribution in [0.15, 0.2) is 47.5 Å². The van der Waals surface area contributed by atoms with Gasteiger partial charge in [-0.15, -0.1) is 11.6 Å². The van der Waals surface area contributed by atoms with E-state index in [9.17, 15) is 17.2 Å². The van der Waals surface area contributed by atoms with Crippen molar-refractivity contribution < 1.29 is 21.4 Å². The Bertz CT molecular complexity index is 909. The minimum atomic E-state index is -3.60. The molecule has 4 nitrogen and oxygen atoms in total. The predicted molar refractivity (Wildman–Crippen MR) is 91.8 cm³/mol. The molecule has 0 N–H and O–H groups in total. The van der Waals surface area contributed by atoms with Crippen LogP contribution in [-0.4, -0.2) is 25.8 Å². The van der Waals surface area contributed by atoms with E-state index in [0.717, 1.165) is 24.0 Å². The second-order valence-corrected chi connectivity index (χ2v) is 7.79. The van der Waals surface area contributed by atoms with Gasteiger partial charge in [0.1, 0.15) is 17.4 Å². The van der Waals surface area contributed by atoms with E-state index in [0.29, 0.717) is 6.42 Å². The van der Waals surface area contributed by atoms with Crippen LogP contribution in [0.2, 0.25) is 0 Å². The maximum atomic E-state index is 14.0. The van der Waals surface area contributed by atoms with Crippen LogP contribution in [0.3, 0.4) is 0 Å². The molecule has 2 atom stereocenters. The Morgan fingerprint density at radius 2 is 1.72 bits per heavy atom. The van der Waals surface area contributed by atoms with Crippen LogP contribution in [0.1, 0.15) is 23.6 Å². The summed E-state index contributed by atoms with van der Waals surface area (Å²) in [6.45, 7) is 0. The summed E-state index contributed by atoms with van der Waals surface area (Å²) in [4.78, 5) is 4.38. The Kier molecular flexibility index (Phi) is 4.79. The third-order valence-electron chi connectivity index (χ3n) is 3.75. The number of benzene rings is 2. The fourth-order valence-electron chi connectivity index (χ4n) is 2.70. The molecule has 25 heavy (non-hydrogen) atoms. The normalized spacial score (nSPS) is 20.4. The third kappa shape index (κ3) is 3.99. The first kappa shape index (κ1) is 17.8. The first-order valence-corrected chi connectivity index (χ1v) is 9.65. The summed E-state index contributed by atoms with van der Waals surface area (Å²) in [7, 11) is -3.60. The van der Waals surface area contributed by atoms with Gasteiger partial charge in [0.15, 0.2) is 0 Å². The van der Waals surface area contributed by atoms with Crippen LogP contribution in [0.4, 0.5) is 8.78 Å². The Morgan fingerprint density at radius 3 is 2.28 bits per heavy atom. The lowest BCUT2D eigenvalue weighted by molar-refractivity contribution is 0.493. The molecule has 0 fully saturated rings. The maximum absolute atomic E-state index is 14.0. The van der Waals surface area contributed by atoms with Crippen molar-refractivity contribution in [3.63, 3.8) is 0 Å². The fourth-order valence-corrected chi connectivity index (χ4v) is 3.50. The molecular weight excluding hydrogens is 372 g/mol. The molecule has 8 heteroatoms. The van der Waals surface area contributed by atoms with Gasteiger partial charge in [-0.1, -0.05) is 18.2 Å². The summed E-state index contributed by atoms with van der Waals surface area (Å²) in [5.74, 6) is -1.24. The molecule has 0 aromatic heterocycles. The van der Waals surface area contributed by atoms with E-state index in [4.69, 9.17) is 15.8 Å². The summed E-state index contributed by atoms with van der Waals surface area (Å²) in [6.07, 6.45) is 1.34. The summed E-state index contributed by atoms with van der Waals surface area (Å²) in [5.41, 5.74) is 0.721. The minimum absolute atomic E-state index is 0.177. The SMILES string of the molecule is CS(=O)(=O)Oc1ccc([C@H]2CC(Cl)C(c3c(F)cccc3F)=N2)cc1. The standard InChI is InChI=1S/C17H14ClF2NO3S/c1-25(22,23)24-11-7-5-10(6-8-11)15-9-12(18)17(21-15)16-13(19)3-2-4-14(16)20/h2-8,12,15H,9H2,1H3/t12?,15-/m1/s1. The highest BCUT2D eigenvalue weighted by Gasteiger charge is 2.31. The molecule has 2 aromatic carbocycles. The molecule has 132 valence electrons. The van der Waals surface area contributed by atoms with E-state index in [1.54, 1.807) is 12.1 Å². The molecule has 0 saturated heterocycles. The summed E-state index contributed by atoms with van der Waals surface area (Å²) < 4.78 is 54.9. The molecule has 0 spiro atoms. The number of aliphatic imine (C=N–C) groups is 1. The van der Waals surface area contributed by atoms with E-state index in [2.05, 4.69) is 4.99 Å². The number of halogens is 3. The molecule has 0 saturated carbocycles. The quantitative estimate of drug-likeness (QED) is 0.593. The first-order chi connectivity index (χ1) is 11.7. The first-order valence-electron chi connectivity index (χ1n) is 7.40. The Morgan fingerprint density at radius 1 is 1.12 bits per heavy atom. The molecular formula is C17H14ClF2NO3S. The van der Waals surface area contributed by atoms with Crippen LogP contribution in [0.5, 0.6) is 5.75 Å². The zero-order chi connectivity index (χ0) is 18.2. The fraction of sp³-hybridized carbons (Fsp3) is 0.235. The van der Waals surface area contributed by atoms with Gasteiger partial charge in [-0.05, 0) is 36.2 Å².